The monoisotopic (exact) mass is 1910 g/mol. The average Bonchev–Trinajstić information content (AvgIpc) is 1.55. The number of hydrogen-bond donors (Lipinski definition) is 0. The molecule has 0 saturated heterocycles. The van der Waals surface area contributed by atoms with Gasteiger partial charge in [0.1, 0.15) is 33.3 Å². The van der Waals surface area contributed by atoms with E-state index < -0.39 is 7.14 Å². The van der Waals surface area contributed by atoms with Gasteiger partial charge in [0.25, 0.3) is 0 Å². The topological polar surface area (TPSA) is 136 Å². The van der Waals surface area contributed by atoms with Crippen LogP contribution in [-0.2, 0) is 4.57 Å². The summed E-state index contributed by atoms with van der Waals surface area (Å²) in [6.45, 7) is 0. The van der Waals surface area contributed by atoms with Gasteiger partial charge in [-0.05, 0) is 183 Å². The van der Waals surface area contributed by atoms with Gasteiger partial charge in [0.05, 0.1) is 88.8 Å². The Labute approximate surface area is 847 Å². The highest BCUT2D eigenvalue weighted by molar-refractivity contribution is 7.85. The molecule has 12 nitrogen and oxygen atoms in total. The first-order chi connectivity index (χ1) is 73.3. The van der Waals surface area contributed by atoms with E-state index in [2.05, 4.69) is 353 Å². The van der Waals surface area contributed by atoms with E-state index in [1.807, 2.05) is 164 Å². The van der Waals surface area contributed by atoms with Crippen LogP contribution >= 0.6 is 7.14 Å². The zero-order valence-corrected chi connectivity index (χ0v) is 80.5. The molecule has 0 amide bonds. The highest BCUT2D eigenvalue weighted by Gasteiger charge is 2.33. The summed E-state index contributed by atoms with van der Waals surface area (Å²) in [5.74, 6) is 0. The summed E-state index contributed by atoms with van der Waals surface area (Å²) < 4.78 is 42.6. The van der Waals surface area contributed by atoms with Crippen LogP contribution in [0.15, 0.2) is 517 Å². The number of pyridine rings is 5. The maximum absolute atomic E-state index is 15.1. The van der Waals surface area contributed by atoms with E-state index in [0.717, 1.165) is 243 Å². The molecule has 0 atom stereocenters. The second-order valence-electron chi connectivity index (χ2n) is 37.8. The van der Waals surface area contributed by atoms with Gasteiger partial charge in [-0.3, -0.25) is 0 Å². The van der Waals surface area contributed by atoms with Gasteiger partial charge >= 0.3 is 0 Å². The van der Waals surface area contributed by atoms with Crippen LogP contribution in [0.1, 0.15) is 0 Å². The van der Waals surface area contributed by atoms with Crippen molar-refractivity contribution in [3.8, 4) is 84.5 Å². The lowest BCUT2D eigenvalue weighted by molar-refractivity contribution is 0.592. The molecule has 0 N–H and O–H groups in total. The molecule has 13 heteroatoms. The molecule has 0 aliphatic carbocycles. The minimum atomic E-state index is -3.11. The quantitative estimate of drug-likeness (QED) is 0.0865. The third-order valence-electron chi connectivity index (χ3n) is 29.4. The number of rotatable bonds is 12. The minimum Gasteiger partial charge on any atom is -0.453 e. The third-order valence-corrected chi connectivity index (χ3v) is 32.5. The Balaban J connectivity index is 0.000000105. The van der Waals surface area contributed by atoms with Crippen molar-refractivity contribution in [1.82, 2.24) is 38.6 Å². The van der Waals surface area contributed by atoms with Gasteiger partial charge in [-0.15, -0.1) is 0 Å². The lowest BCUT2D eigenvalue weighted by Gasteiger charge is -2.20. The Morgan fingerprint density at radius 1 is 0.189 bits per heavy atom. The van der Waals surface area contributed by atoms with Gasteiger partial charge in [0.2, 0.25) is 0 Å². The van der Waals surface area contributed by atoms with E-state index in [1.54, 1.807) is 0 Å². The van der Waals surface area contributed by atoms with Crippen molar-refractivity contribution in [2.75, 3.05) is 0 Å². The second kappa shape index (κ2) is 34.7. The fourth-order valence-electron chi connectivity index (χ4n) is 22.6. The van der Waals surface area contributed by atoms with Crippen molar-refractivity contribution < 1.29 is 17.8 Å². The smallest absolute Gasteiger partial charge is 0.171 e. The molecule has 0 fully saturated rings. The Bertz CT molecular complexity index is 10800. The standard InChI is InChI=1S/C47H28N4O.C47H28N2O.C41H27N2O2P/c1-3-12-29(13-4-1)37-26-24-31-22-23-32-25-27-38(49-44(32)43(31)48-37)33-16-11-17-34(28-33)51-40-21-10-8-19-36(40)47-45(51)41-42(30-14-5-2-6-15-30)50-39-20-9-7-18-35(39)46(41)52-47;1-2-12-30(13-3-1)44-43-45-47(50-46(43)38-18-8-10-20-41(38)48-44)39-19-9-11-21-42(39)49(45)32-25-22-29(23-26-32)31-24-27-37-35-16-5-4-14-33(35)34-15-6-7-17-36(34)40(37)28-31;44-46(30-16-6-2-7-17-30,31-18-8-3-9-19-31)32-26-24-29(25-27-32)43-36-23-13-11-21-34(36)41-39(43)37-38(28-14-4-1-5-15-28)42-35-22-12-10-20-33(35)40(37)45-41/h1-28H;1-28H;1-27H. The predicted octanol–water partition coefficient (Wildman–Crippen LogP) is 34.4. The molecule has 20 aromatic carbocycles. The van der Waals surface area contributed by atoms with Crippen molar-refractivity contribution in [3.05, 3.63) is 504 Å². The number of aromatic nitrogens is 8. The van der Waals surface area contributed by atoms with Gasteiger partial charge in [0, 0.05) is 104 Å². The van der Waals surface area contributed by atoms with E-state index in [-0.39, 0.29) is 0 Å². The van der Waals surface area contributed by atoms with Crippen molar-refractivity contribution in [2.24, 2.45) is 0 Å². The van der Waals surface area contributed by atoms with Crippen LogP contribution in [0.5, 0.6) is 0 Å². The van der Waals surface area contributed by atoms with Crippen LogP contribution < -0.4 is 15.9 Å². The maximum atomic E-state index is 15.1. The highest BCUT2D eigenvalue weighted by Crippen LogP contribution is 2.52. The van der Waals surface area contributed by atoms with Gasteiger partial charge in [-0.1, -0.05) is 364 Å². The molecule has 0 aliphatic heterocycles. The number of nitrogens with zero attached hydrogens (tertiary/aromatic N) is 8. The molecule has 11 heterocycles. The average molecular weight is 1910 g/mol. The van der Waals surface area contributed by atoms with Crippen LogP contribution in [0, 0.1) is 0 Å². The molecule has 11 aromatic heterocycles. The summed E-state index contributed by atoms with van der Waals surface area (Å²) >= 11 is 0. The molecule has 0 spiro atoms. The lowest BCUT2D eigenvalue weighted by atomic mass is 9.92. The first kappa shape index (κ1) is 85.3. The fourth-order valence-corrected chi connectivity index (χ4v) is 25.2. The Kier molecular flexibility index (Phi) is 20.0. The zero-order chi connectivity index (χ0) is 97.6. The molecule has 31 aromatic rings. The van der Waals surface area contributed by atoms with E-state index in [1.165, 1.54) is 43.4 Å². The zero-order valence-electron chi connectivity index (χ0n) is 79.6. The lowest BCUT2D eigenvalue weighted by Crippen LogP contribution is -2.24. The number of para-hydroxylation sites is 6. The predicted molar refractivity (Wildman–Crippen MR) is 613 cm³/mol. The summed E-state index contributed by atoms with van der Waals surface area (Å²) in [4.78, 5) is 26.1. The summed E-state index contributed by atoms with van der Waals surface area (Å²) in [5.41, 5.74) is 31.0. The van der Waals surface area contributed by atoms with Crippen molar-refractivity contribution in [3.63, 3.8) is 0 Å². The molecular formula is C135H83N8O4P. The summed E-state index contributed by atoms with van der Waals surface area (Å²) in [5, 5.41) is 21.4. The van der Waals surface area contributed by atoms with Gasteiger partial charge in [-0.2, -0.15) is 0 Å². The van der Waals surface area contributed by atoms with Crippen molar-refractivity contribution in [2.45, 2.75) is 0 Å². The number of fused-ring (bicyclic) bond motifs is 30. The molecule has 0 aliphatic rings. The normalized spacial score (nSPS) is 11.9. The molecule has 692 valence electrons. The molecule has 148 heavy (non-hydrogen) atoms. The third kappa shape index (κ3) is 13.8. The maximum Gasteiger partial charge on any atom is 0.171 e. The fraction of sp³-hybridized carbons (Fsp3) is 0. The molecule has 0 unspecified atom stereocenters. The van der Waals surface area contributed by atoms with Crippen LogP contribution in [0.3, 0.4) is 0 Å². The SMILES string of the molecule is O=P(c1ccccc1)(c1ccccc1)c1ccc(-n2c3ccccc3c3oc4c5ccccc5nc(-c5ccccc5)c4c32)cc1.c1ccc(-c2ccc3ccc4ccc(-c5cccc(-n6c7ccccc7c7oc8c9ccccc9nc(-c9ccccc9)c8c76)c5)nc4c3n2)cc1.c1ccc(-c2nc3ccccc3c3oc4c5ccccc5n(-c5ccc(-c6ccc7c8ccccc8c8ccccc8c7c6)cc5)c4c23)cc1. The van der Waals surface area contributed by atoms with Crippen molar-refractivity contribution in [1.29, 1.82) is 0 Å². The minimum absolute atomic E-state index is 0.788. The first-order valence-corrected chi connectivity index (χ1v) is 51.6. The Hall–Kier alpha value is -19.5. The van der Waals surface area contributed by atoms with Gasteiger partial charge < -0.3 is 31.5 Å². The number of furan rings is 3. The molecular weight excluding hydrogens is 1830 g/mol. The Morgan fingerprint density at radius 2 is 0.486 bits per heavy atom. The van der Waals surface area contributed by atoms with E-state index >= 15 is 4.57 Å². The molecule has 31 rings (SSSR count). The molecule has 0 bridgehead atoms. The Morgan fingerprint density at radius 3 is 0.892 bits per heavy atom. The van der Waals surface area contributed by atoms with E-state index in [0.29, 0.717) is 0 Å². The first-order valence-electron chi connectivity index (χ1n) is 49.8. The number of hydrogen-bond acceptors (Lipinski definition) is 9. The molecule has 0 radical (unpaired) electrons. The van der Waals surface area contributed by atoms with Crippen LogP contribution in [0.25, 0.3) is 270 Å². The summed E-state index contributed by atoms with van der Waals surface area (Å²) in [6, 6.07) is 174. The van der Waals surface area contributed by atoms with Crippen LogP contribution in [-0.4, -0.2) is 38.6 Å². The summed E-state index contributed by atoms with van der Waals surface area (Å²) in [6.07, 6.45) is 0. The van der Waals surface area contributed by atoms with Gasteiger partial charge in [0.15, 0.2) is 23.9 Å². The number of benzene rings is 20. The second-order valence-corrected chi connectivity index (χ2v) is 40.5. The van der Waals surface area contributed by atoms with E-state index in [4.69, 9.17) is 38.2 Å². The van der Waals surface area contributed by atoms with Crippen LogP contribution in [0.4, 0.5) is 0 Å². The van der Waals surface area contributed by atoms with E-state index in [9.17, 15) is 0 Å². The highest BCUT2D eigenvalue weighted by atomic mass is 31.2. The molecule has 0 saturated carbocycles. The van der Waals surface area contributed by atoms with Gasteiger partial charge in [-0.25, -0.2) is 24.9 Å². The van der Waals surface area contributed by atoms with Crippen molar-refractivity contribution >= 4 is 209 Å². The van der Waals surface area contributed by atoms with Crippen LogP contribution in [0.2, 0.25) is 0 Å². The summed E-state index contributed by atoms with van der Waals surface area (Å²) in [7, 11) is -3.11. The largest absolute Gasteiger partial charge is 0.453 e.